The van der Waals surface area contributed by atoms with Crippen LogP contribution < -0.4 is 10.6 Å². The molecule has 0 aliphatic rings. The highest BCUT2D eigenvalue weighted by atomic mass is 16.4. The lowest BCUT2D eigenvalue weighted by Gasteiger charge is -2.09. The molecule has 2 atom stereocenters. The summed E-state index contributed by atoms with van der Waals surface area (Å²) in [6.07, 6.45) is 0. The van der Waals surface area contributed by atoms with E-state index in [1.165, 1.54) is 38.1 Å². The van der Waals surface area contributed by atoms with E-state index in [2.05, 4.69) is 20.9 Å². The van der Waals surface area contributed by atoms with Crippen molar-refractivity contribution >= 4 is 35.1 Å². The highest BCUT2D eigenvalue weighted by molar-refractivity contribution is 5.97. The van der Waals surface area contributed by atoms with E-state index in [-0.39, 0.29) is 11.1 Å². The van der Waals surface area contributed by atoms with Gasteiger partial charge in [0.2, 0.25) is 0 Å². The molecule has 2 aromatic rings. The quantitative estimate of drug-likeness (QED) is 0.488. The maximum Gasteiger partial charge on any atom is 0.325 e. The van der Waals surface area contributed by atoms with E-state index in [0.717, 1.165) is 0 Å². The van der Waals surface area contributed by atoms with Gasteiger partial charge < -0.3 is 20.8 Å². The smallest absolute Gasteiger partial charge is 0.325 e. The molecule has 0 saturated carbocycles. The van der Waals surface area contributed by atoms with Crippen molar-refractivity contribution in [2.75, 3.05) is 0 Å². The first kappa shape index (κ1) is 22.2. The number of nitrogens with one attached hydrogen (secondary N) is 2. The molecular formula is C20H20N4O6. The molecular weight excluding hydrogens is 392 g/mol. The topological polar surface area (TPSA) is 158 Å². The Morgan fingerprint density at radius 1 is 0.667 bits per heavy atom. The van der Waals surface area contributed by atoms with E-state index in [1.54, 1.807) is 24.3 Å². The summed E-state index contributed by atoms with van der Waals surface area (Å²) < 4.78 is 0. The SMILES string of the molecule is C[C@H](NC(=O)c1ccc(N=Nc2ccc(C(=O)N[C@@H](C)C(=O)O)cc2)cc1)C(=O)O. The molecule has 0 aliphatic carbocycles. The molecule has 0 aromatic heterocycles. The summed E-state index contributed by atoms with van der Waals surface area (Å²) in [4.78, 5) is 45.5. The van der Waals surface area contributed by atoms with Gasteiger partial charge in [-0.05, 0) is 62.4 Å². The largest absolute Gasteiger partial charge is 0.480 e. The summed E-state index contributed by atoms with van der Waals surface area (Å²) in [6.45, 7) is 2.73. The number of nitrogens with zero attached hydrogens (tertiary/aromatic N) is 2. The van der Waals surface area contributed by atoms with Crippen LogP contribution in [0.5, 0.6) is 0 Å². The van der Waals surface area contributed by atoms with Gasteiger partial charge in [0.05, 0.1) is 11.4 Å². The van der Waals surface area contributed by atoms with Crippen LogP contribution in [0.1, 0.15) is 34.6 Å². The van der Waals surface area contributed by atoms with Gasteiger partial charge in [0.1, 0.15) is 12.1 Å². The lowest BCUT2D eigenvalue weighted by Crippen LogP contribution is -2.38. The molecule has 0 aliphatic heterocycles. The standard InChI is InChI=1S/C20H20N4O6/c1-11(19(27)28)21-17(25)13-3-7-15(8-4-13)23-24-16-9-5-14(6-10-16)18(26)22-12(2)20(29)30/h3-12H,1-2H3,(H,21,25)(H,22,26)(H,27,28)(H,29,30)/t11-,12-/m0/s1. The van der Waals surface area contributed by atoms with Crippen LogP contribution >= 0.6 is 0 Å². The average Bonchev–Trinajstić information content (AvgIpc) is 2.72. The van der Waals surface area contributed by atoms with Gasteiger partial charge in [-0.1, -0.05) is 0 Å². The Bertz CT molecular complexity index is 890. The van der Waals surface area contributed by atoms with Gasteiger partial charge in [0.25, 0.3) is 11.8 Å². The number of hydrogen-bond donors (Lipinski definition) is 4. The third-order valence-electron chi connectivity index (χ3n) is 3.98. The second-order valence-electron chi connectivity index (χ2n) is 6.36. The van der Waals surface area contributed by atoms with Crippen LogP contribution in [0.25, 0.3) is 0 Å². The minimum absolute atomic E-state index is 0.285. The Balaban J connectivity index is 1.99. The number of rotatable bonds is 8. The van der Waals surface area contributed by atoms with Crippen LogP contribution in [0.15, 0.2) is 58.8 Å². The van der Waals surface area contributed by atoms with E-state index < -0.39 is 35.8 Å². The molecule has 4 N–H and O–H groups in total. The van der Waals surface area contributed by atoms with Gasteiger partial charge in [-0.3, -0.25) is 19.2 Å². The average molecular weight is 412 g/mol. The summed E-state index contributed by atoms with van der Waals surface area (Å²) in [6, 6.07) is 10.2. The van der Waals surface area contributed by atoms with Crippen molar-refractivity contribution in [3.8, 4) is 0 Å². The fourth-order valence-corrected chi connectivity index (χ4v) is 2.16. The second-order valence-corrected chi connectivity index (χ2v) is 6.36. The molecule has 10 heteroatoms. The molecule has 0 saturated heterocycles. The number of aliphatic carboxylic acids is 2. The van der Waals surface area contributed by atoms with Crippen LogP contribution in [-0.2, 0) is 9.59 Å². The fraction of sp³-hybridized carbons (Fsp3) is 0.200. The zero-order valence-corrected chi connectivity index (χ0v) is 16.2. The molecule has 2 aromatic carbocycles. The number of benzene rings is 2. The monoisotopic (exact) mass is 412 g/mol. The molecule has 30 heavy (non-hydrogen) atoms. The van der Waals surface area contributed by atoms with Crippen molar-refractivity contribution in [3.05, 3.63) is 59.7 Å². The number of amides is 2. The maximum atomic E-state index is 11.9. The van der Waals surface area contributed by atoms with Crippen molar-refractivity contribution in [2.45, 2.75) is 25.9 Å². The lowest BCUT2D eigenvalue weighted by molar-refractivity contribution is -0.139. The van der Waals surface area contributed by atoms with Crippen LogP contribution in [0.2, 0.25) is 0 Å². The molecule has 0 spiro atoms. The Labute approximate surface area is 171 Å². The highest BCUT2D eigenvalue weighted by Gasteiger charge is 2.16. The van der Waals surface area contributed by atoms with E-state index >= 15 is 0 Å². The van der Waals surface area contributed by atoms with Gasteiger partial charge >= 0.3 is 11.9 Å². The Morgan fingerprint density at radius 2 is 0.967 bits per heavy atom. The Kier molecular flexibility index (Phi) is 7.34. The molecule has 0 radical (unpaired) electrons. The van der Waals surface area contributed by atoms with Crippen LogP contribution in [0.3, 0.4) is 0 Å². The lowest BCUT2D eigenvalue weighted by atomic mass is 10.2. The minimum atomic E-state index is -1.13. The third kappa shape index (κ3) is 6.23. The second kappa shape index (κ2) is 9.92. The van der Waals surface area contributed by atoms with Gasteiger partial charge in [-0.25, -0.2) is 0 Å². The van der Waals surface area contributed by atoms with Crippen LogP contribution in [0, 0.1) is 0 Å². The zero-order chi connectivity index (χ0) is 22.3. The number of carbonyl (C=O) groups is 4. The molecule has 10 nitrogen and oxygen atoms in total. The number of carboxylic acids is 2. The molecule has 2 rings (SSSR count). The van der Waals surface area contributed by atoms with E-state index in [9.17, 15) is 19.2 Å². The molecule has 0 fully saturated rings. The zero-order valence-electron chi connectivity index (χ0n) is 16.2. The molecule has 156 valence electrons. The predicted molar refractivity (Wildman–Crippen MR) is 106 cm³/mol. The first-order valence-electron chi connectivity index (χ1n) is 8.86. The summed E-state index contributed by atoms with van der Waals surface area (Å²) in [5.41, 5.74) is 1.51. The van der Waals surface area contributed by atoms with Crippen molar-refractivity contribution in [1.82, 2.24) is 10.6 Å². The number of hydrogen-bond acceptors (Lipinski definition) is 6. The summed E-state index contributed by atoms with van der Waals surface area (Å²) in [7, 11) is 0. The summed E-state index contributed by atoms with van der Waals surface area (Å²) in [5, 5.41) is 30.4. The fourth-order valence-electron chi connectivity index (χ4n) is 2.16. The predicted octanol–water partition coefficient (Wildman–Crippen LogP) is 2.51. The Hall–Kier alpha value is -4.08. The van der Waals surface area contributed by atoms with Gasteiger partial charge in [-0.2, -0.15) is 10.2 Å². The Morgan fingerprint density at radius 3 is 1.23 bits per heavy atom. The van der Waals surface area contributed by atoms with Crippen molar-refractivity contribution < 1.29 is 29.4 Å². The first-order chi connectivity index (χ1) is 14.2. The summed E-state index contributed by atoms with van der Waals surface area (Å²) >= 11 is 0. The van der Waals surface area contributed by atoms with Gasteiger partial charge in [-0.15, -0.1) is 0 Å². The first-order valence-corrected chi connectivity index (χ1v) is 8.86. The van der Waals surface area contributed by atoms with Crippen molar-refractivity contribution in [2.24, 2.45) is 10.2 Å². The summed E-state index contributed by atoms with van der Waals surface area (Å²) in [5.74, 6) is -3.29. The van der Waals surface area contributed by atoms with Gasteiger partial charge in [0, 0.05) is 11.1 Å². The van der Waals surface area contributed by atoms with E-state index in [4.69, 9.17) is 10.2 Å². The number of carboxylic acid groups (broad SMARTS) is 2. The molecule has 2 amide bonds. The molecule has 0 unspecified atom stereocenters. The number of azo groups is 1. The third-order valence-corrected chi connectivity index (χ3v) is 3.98. The van der Waals surface area contributed by atoms with Crippen LogP contribution in [-0.4, -0.2) is 46.0 Å². The molecule has 0 bridgehead atoms. The maximum absolute atomic E-state index is 11.9. The highest BCUT2D eigenvalue weighted by Crippen LogP contribution is 2.19. The minimum Gasteiger partial charge on any atom is -0.480 e. The number of carbonyl (C=O) groups excluding carboxylic acids is 2. The van der Waals surface area contributed by atoms with E-state index in [1.807, 2.05) is 0 Å². The van der Waals surface area contributed by atoms with Crippen LogP contribution in [0.4, 0.5) is 11.4 Å². The normalized spacial score (nSPS) is 12.7. The van der Waals surface area contributed by atoms with E-state index in [0.29, 0.717) is 11.4 Å². The van der Waals surface area contributed by atoms with Crippen molar-refractivity contribution in [1.29, 1.82) is 0 Å². The van der Waals surface area contributed by atoms with Crippen molar-refractivity contribution in [3.63, 3.8) is 0 Å². The molecule has 0 heterocycles. The van der Waals surface area contributed by atoms with Gasteiger partial charge in [0.15, 0.2) is 0 Å².